The summed E-state index contributed by atoms with van der Waals surface area (Å²) in [4.78, 5) is 16.0. The number of anilines is 2. The minimum Gasteiger partial charge on any atom is -0.324 e. The molecule has 2 aliphatic rings. The van der Waals surface area contributed by atoms with Crippen LogP contribution in [0.25, 0.3) is 0 Å². The standard InChI is InChI=1S/C22H29N5/c1-17-14-20(26-22-23-10-5-11-24-22)15-21(25-17)19-8-12-27(13-9-19)16-18-6-3-2-4-7-18/h2-3,5,10-11,14-15,18-19H,4,6-9,12-13,16H2,1H3,(H,23,24,25,26). The number of rotatable bonds is 5. The van der Waals surface area contributed by atoms with Crippen LogP contribution >= 0.6 is 0 Å². The molecule has 0 bridgehead atoms. The number of allylic oxidation sites excluding steroid dienone is 2. The second-order valence-corrected chi connectivity index (χ2v) is 7.84. The molecular weight excluding hydrogens is 334 g/mol. The summed E-state index contributed by atoms with van der Waals surface area (Å²) >= 11 is 0. The van der Waals surface area contributed by atoms with Crippen LogP contribution in [-0.2, 0) is 0 Å². The summed E-state index contributed by atoms with van der Waals surface area (Å²) in [6, 6.07) is 6.06. The number of aromatic nitrogens is 3. The molecule has 1 saturated heterocycles. The molecule has 1 unspecified atom stereocenters. The largest absolute Gasteiger partial charge is 0.324 e. The lowest BCUT2D eigenvalue weighted by Gasteiger charge is -2.34. The van der Waals surface area contributed by atoms with E-state index in [2.05, 4.69) is 51.4 Å². The highest BCUT2D eigenvalue weighted by molar-refractivity contribution is 5.54. The SMILES string of the molecule is Cc1cc(Nc2ncccn2)cc(C2CCN(CC3CC=CCC3)CC2)n1. The van der Waals surface area contributed by atoms with Crippen molar-refractivity contribution in [2.24, 2.45) is 5.92 Å². The molecule has 142 valence electrons. The highest BCUT2D eigenvalue weighted by atomic mass is 15.1. The fourth-order valence-corrected chi connectivity index (χ4v) is 4.27. The van der Waals surface area contributed by atoms with Gasteiger partial charge in [-0.05, 0) is 76.2 Å². The van der Waals surface area contributed by atoms with Gasteiger partial charge in [0.1, 0.15) is 0 Å². The van der Waals surface area contributed by atoms with Crippen molar-refractivity contribution in [2.45, 2.75) is 44.9 Å². The number of nitrogens with one attached hydrogen (secondary N) is 1. The number of aryl methyl sites for hydroxylation is 1. The van der Waals surface area contributed by atoms with Crippen molar-refractivity contribution >= 4 is 11.6 Å². The summed E-state index contributed by atoms with van der Waals surface area (Å²) in [5.74, 6) is 2.03. The molecule has 0 saturated carbocycles. The van der Waals surface area contributed by atoms with Crippen LogP contribution in [0.15, 0.2) is 42.7 Å². The van der Waals surface area contributed by atoms with E-state index >= 15 is 0 Å². The molecule has 4 rings (SSSR count). The smallest absolute Gasteiger partial charge is 0.227 e. The number of nitrogens with zero attached hydrogens (tertiary/aromatic N) is 4. The monoisotopic (exact) mass is 363 g/mol. The Kier molecular flexibility index (Phi) is 5.78. The van der Waals surface area contributed by atoms with E-state index in [1.54, 1.807) is 12.4 Å². The van der Waals surface area contributed by atoms with Gasteiger partial charge >= 0.3 is 0 Å². The number of likely N-dealkylation sites (tertiary alicyclic amines) is 1. The topological polar surface area (TPSA) is 53.9 Å². The van der Waals surface area contributed by atoms with Crippen molar-refractivity contribution in [1.82, 2.24) is 19.9 Å². The molecule has 5 nitrogen and oxygen atoms in total. The fourth-order valence-electron chi connectivity index (χ4n) is 4.27. The van der Waals surface area contributed by atoms with E-state index in [4.69, 9.17) is 4.98 Å². The molecule has 1 aliphatic carbocycles. The van der Waals surface area contributed by atoms with Crippen LogP contribution in [0.5, 0.6) is 0 Å². The zero-order chi connectivity index (χ0) is 18.5. The first-order chi connectivity index (χ1) is 13.3. The maximum absolute atomic E-state index is 4.83. The van der Waals surface area contributed by atoms with Gasteiger partial charge in [-0.2, -0.15) is 0 Å². The van der Waals surface area contributed by atoms with Gasteiger partial charge in [-0.15, -0.1) is 0 Å². The van der Waals surface area contributed by atoms with E-state index < -0.39 is 0 Å². The molecule has 1 aliphatic heterocycles. The maximum Gasteiger partial charge on any atom is 0.227 e. The van der Waals surface area contributed by atoms with Crippen LogP contribution < -0.4 is 5.32 Å². The molecule has 0 amide bonds. The van der Waals surface area contributed by atoms with E-state index in [0.717, 1.165) is 17.3 Å². The van der Waals surface area contributed by atoms with Gasteiger partial charge in [0.05, 0.1) is 0 Å². The molecule has 1 fully saturated rings. The second kappa shape index (κ2) is 8.61. The lowest BCUT2D eigenvalue weighted by molar-refractivity contribution is 0.176. The van der Waals surface area contributed by atoms with Gasteiger partial charge in [-0.1, -0.05) is 12.2 Å². The van der Waals surface area contributed by atoms with E-state index in [9.17, 15) is 0 Å². The Hall–Kier alpha value is -2.27. The second-order valence-electron chi connectivity index (χ2n) is 7.84. The highest BCUT2D eigenvalue weighted by Crippen LogP contribution is 2.30. The Bertz CT molecular complexity index is 766. The van der Waals surface area contributed by atoms with E-state index in [0.29, 0.717) is 11.9 Å². The first-order valence-corrected chi connectivity index (χ1v) is 10.2. The zero-order valence-corrected chi connectivity index (χ0v) is 16.1. The van der Waals surface area contributed by atoms with E-state index in [1.807, 2.05) is 6.07 Å². The van der Waals surface area contributed by atoms with Crippen molar-refractivity contribution in [3.8, 4) is 0 Å². The van der Waals surface area contributed by atoms with Gasteiger partial charge < -0.3 is 10.2 Å². The molecule has 0 radical (unpaired) electrons. The van der Waals surface area contributed by atoms with Gasteiger partial charge in [0.2, 0.25) is 5.95 Å². The van der Waals surface area contributed by atoms with Gasteiger partial charge in [0, 0.05) is 41.9 Å². The fraction of sp³-hybridized carbons (Fsp3) is 0.500. The first kappa shape index (κ1) is 18.1. The number of piperidine rings is 1. The predicted molar refractivity (Wildman–Crippen MR) is 109 cm³/mol. The van der Waals surface area contributed by atoms with Crippen molar-refractivity contribution < 1.29 is 0 Å². The van der Waals surface area contributed by atoms with Gasteiger partial charge in [0.25, 0.3) is 0 Å². The van der Waals surface area contributed by atoms with Gasteiger partial charge in [0.15, 0.2) is 0 Å². The van der Waals surface area contributed by atoms with Crippen molar-refractivity contribution in [2.75, 3.05) is 25.0 Å². The molecule has 3 heterocycles. The highest BCUT2D eigenvalue weighted by Gasteiger charge is 2.24. The third-order valence-corrected chi connectivity index (χ3v) is 5.70. The summed E-state index contributed by atoms with van der Waals surface area (Å²) in [6.07, 6.45) is 14.5. The Labute approximate surface area is 162 Å². The van der Waals surface area contributed by atoms with Crippen LogP contribution in [0.3, 0.4) is 0 Å². The number of pyridine rings is 1. The lowest BCUT2D eigenvalue weighted by atomic mass is 9.90. The molecular formula is C22H29N5. The Morgan fingerprint density at radius 3 is 2.63 bits per heavy atom. The average molecular weight is 364 g/mol. The van der Waals surface area contributed by atoms with Crippen molar-refractivity contribution in [3.63, 3.8) is 0 Å². The molecule has 2 aromatic heterocycles. The van der Waals surface area contributed by atoms with Crippen LogP contribution in [0.2, 0.25) is 0 Å². The molecule has 0 spiro atoms. The summed E-state index contributed by atoms with van der Waals surface area (Å²) in [5, 5.41) is 3.31. The maximum atomic E-state index is 4.83. The minimum atomic E-state index is 0.546. The zero-order valence-electron chi connectivity index (χ0n) is 16.1. The normalized spacial score (nSPS) is 21.3. The van der Waals surface area contributed by atoms with Crippen molar-refractivity contribution in [1.29, 1.82) is 0 Å². The minimum absolute atomic E-state index is 0.546. The summed E-state index contributed by atoms with van der Waals surface area (Å²) in [5.41, 5.74) is 3.27. The van der Waals surface area contributed by atoms with E-state index in [1.165, 1.54) is 57.4 Å². The predicted octanol–water partition coefficient (Wildman–Crippen LogP) is 4.46. The molecule has 1 N–H and O–H groups in total. The Morgan fingerprint density at radius 1 is 1.07 bits per heavy atom. The quantitative estimate of drug-likeness (QED) is 0.795. The third-order valence-electron chi connectivity index (χ3n) is 5.70. The summed E-state index contributed by atoms with van der Waals surface area (Å²) in [7, 11) is 0. The van der Waals surface area contributed by atoms with Crippen molar-refractivity contribution in [3.05, 3.63) is 54.1 Å². The molecule has 27 heavy (non-hydrogen) atoms. The molecule has 5 heteroatoms. The third kappa shape index (κ3) is 4.92. The molecule has 1 atom stereocenters. The number of hydrogen-bond acceptors (Lipinski definition) is 5. The van der Waals surface area contributed by atoms with Gasteiger partial charge in [-0.3, -0.25) is 4.98 Å². The summed E-state index contributed by atoms with van der Waals surface area (Å²) in [6.45, 7) is 5.69. The Morgan fingerprint density at radius 2 is 1.89 bits per heavy atom. The van der Waals surface area contributed by atoms with E-state index in [-0.39, 0.29) is 0 Å². The average Bonchev–Trinajstić information content (AvgIpc) is 2.70. The first-order valence-electron chi connectivity index (χ1n) is 10.2. The lowest BCUT2D eigenvalue weighted by Crippen LogP contribution is -2.37. The molecule has 0 aromatic carbocycles. The van der Waals surface area contributed by atoms with Crippen LogP contribution in [-0.4, -0.2) is 39.5 Å². The van der Waals surface area contributed by atoms with Crippen LogP contribution in [0.4, 0.5) is 11.6 Å². The van der Waals surface area contributed by atoms with Gasteiger partial charge in [-0.25, -0.2) is 9.97 Å². The Balaban J connectivity index is 1.37. The molecule has 2 aromatic rings. The van der Waals surface area contributed by atoms with Crippen LogP contribution in [0.1, 0.15) is 49.4 Å². The summed E-state index contributed by atoms with van der Waals surface area (Å²) < 4.78 is 0. The number of hydrogen-bond donors (Lipinski definition) is 1. The van der Waals surface area contributed by atoms with Crippen LogP contribution in [0, 0.1) is 12.8 Å².